The number of methoxy groups -OCH3 is 1. The molecule has 35 heavy (non-hydrogen) atoms. The monoisotopic (exact) mass is 497 g/mol. The third kappa shape index (κ3) is 5.90. The van der Waals surface area contributed by atoms with Crippen molar-refractivity contribution in [2.45, 2.75) is 6.54 Å². The van der Waals surface area contributed by atoms with E-state index in [2.05, 4.69) is 15.2 Å². The molecule has 0 aliphatic carbocycles. The summed E-state index contributed by atoms with van der Waals surface area (Å²) in [5, 5.41) is 3.44. The van der Waals surface area contributed by atoms with Gasteiger partial charge in [-0.05, 0) is 43.9 Å². The van der Waals surface area contributed by atoms with E-state index in [-0.39, 0.29) is 11.8 Å². The first kappa shape index (κ1) is 24.9. The number of ether oxygens (including phenoxy) is 2. The van der Waals surface area contributed by atoms with Crippen LogP contribution in [0.1, 0.15) is 15.9 Å². The number of benzene rings is 2. The highest BCUT2D eigenvalue weighted by molar-refractivity contribution is 7.23. The Kier molecular flexibility index (Phi) is 7.84. The Hall–Kier alpha value is -3.21. The summed E-state index contributed by atoms with van der Waals surface area (Å²) < 4.78 is 12.0. The highest BCUT2D eigenvalue weighted by Gasteiger charge is 2.20. The van der Waals surface area contributed by atoms with Crippen molar-refractivity contribution in [1.29, 1.82) is 0 Å². The van der Waals surface area contributed by atoms with Crippen molar-refractivity contribution in [1.82, 2.24) is 14.8 Å². The molecule has 1 fully saturated rings. The predicted molar refractivity (Wildman–Crippen MR) is 139 cm³/mol. The molecule has 0 spiro atoms. The molecule has 1 aliphatic heterocycles. The van der Waals surface area contributed by atoms with Crippen molar-refractivity contribution in [3.63, 3.8) is 0 Å². The van der Waals surface area contributed by atoms with Crippen LogP contribution in [0, 0.1) is 0 Å². The number of thiazole rings is 1. The topological polar surface area (TPSA) is 87.2 Å². The zero-order valence-corrected chi connectivity index (χ0v) is 21.4. The Labute approximate surface area is 209 Å². The summed E-state index contributed by atoms with van der Waals surface area (Å²) >= 11 is 1.44. The quantitative estimate of drug-likeness (QED) is 0.512. The lowest BCUT2D eigenvalue weighted by molar-refractivity contribution is -0.131. The lowest BCUT2D eigenvalue weighted by atomic mass is 10.1. The maximum atomic E-state index is 12.9. The smallest absolute Gasteiger partial charge is 0.257 e. The van der Waals surface area contributed by atoms with Gasteiger partial charge in [0.1, 0.15) is 11.3 Å². The standard InChI is InChI=1S/C25H31N5O4S/c1-28(2)16-21(31)29(3)15-17-5-7-18(8-6-17)24(32)27-25-26-22-20(33-4)10-9-19(23(22)35-25)30-11-13-34-14-12-30/h5-10H,11-16H2,1-4H3,(H,26,27,32). The number of hydrogen-bond donors (Lipinski definition) is 1. The molecule has 10 heteroatoms. The maximum Gasteiger partial charge on any atom is 0.257 e. The summed E-state index contributed by atoms with van der Waals surface area (Å²) in [5.41, 5.74) is 3.28. The Morgan fingerprint density at radius 2 is 1.83 bits per heavy atom. The van der Waals surface area contributed by atoms with E-state index in [1.165, 1.54) is 11.3 Å². The summed E-state index contributed by atoms with van der Waals surface area (Å²) in [6, 6.07) is 11.2. The Morgan fingerprint density at radius 3 is 2.49 bits per heavy atom. The third-order valence-electron chi connectivity index (χ3n) is 5.79. The summed E-state index contributed by atoms with van der Waals surface area (Å²) in [5.74, 6) is 0.477. The SMILES string of the molecule is COc1ccc(N2CCOCC2)c2sc(NC(=O)c3ccc(CN(C)C(=O)CN(C)C)cc3)nc12. The van der Waals surface area contributed by atoms with E-state index in [1.54, 1.807) is 31.2 Å². The van der Waals surface area contributed by atoms with E-state index in [4.69, 9.17) is 9.47 Å². The van der Waals surface area contributed by atoms with Gasteiger partial charge in [-0.1, -0.05) is 23.5 Å². The fraction of sp³-hybridized carbons (Fsp3) is 0.400. The Morgan fingerprint density at radius 1 is 1.11 bits per heavy atom. The molecular weight excluding hydrogens is 466 g/mol. The van der Waals surface area contributed by atoms with Gasteiger partial charge in [0, 0.05) is 32.2 Å². The first-order valence-electron chi connectivity index (χ1n) is 11.4. The second-order valence-electron chi connectivity index (χ2n) is 8.72. The van der Waals surface area contributed by atoms with Gasteiger partial charge in [0.25, 0.3) is 5.91 Å². The fourth-order valence-electron chi connectivity index (χ4n) is 3.93. The van der Waals surface area contributed by atoms with Crippen LogP contribution in [0.25, 0.3) is 10.2 Å². The Balaban J connectivity index is 1.48. The van der Waals surface area contributed by atoms with Gasteiger partial charge in [-0.3, -0.25) is 14.9 Å². The van der Waals surface area contributed by atoms with Gasteiger partial charge in [0.15, 0.2) is 5.13 Å². The van der Waals surface area contributed by atoms with Crippen molar-refractivity contribution in [3.8, 4) is 5.75 Å². The molecule has 0 atom stereocenters. The van der Waals surface area contributed by atoms with Crippen LogP contribution in [0.3, 0.4) is 0 Å². The largest absolute Gasteiger partial charge is 0.494 e. The van der Waals surface area contributed by atoms with Crippen LogP contribution in [-0.2, 0) is 16.1 Å². The molecule has 2 aromatic carbocycles. The first-order valence-corrected chi connectivity index (χ1v) is 12.3. The molecule has 2 heterocycles. The van der Waals surface area contributed by atoms with Crippen molar-refractivity contribution in [2.24, 2.45) is 0 Å². The number of likely N-dealkylation sites (N-methyl/N-ethyl adjacent to an activating group) is 2. The van der Waals surface area contributed by atoms with Crippen molar-refractivity contribution < 1.29 is 19.1 Å². The second kappa shape index (κ2) is 11.0. The predicted octanol–water partition coefficient (Wildman–Crippen LogP) is 2.91. The number of hydrogen-bond acceptors (Lipinski definition) is 8. The Bertz CT molecular complexity index is 1190. The normalized spacial score (nSPS) is 13.8. The summed E-state index contributed by atoms with van der Waals surface area (Å²) in [7, 11) is 7.13. The first-order chi connectivity index (χ1) is 16.9. The number of fused-ring (bicyclic) bond motifs is 1. The molecule has 4 rings (SSSR count). The molecule has 186 valence electrons. The molecule has 0 bridgehead atoms. The number of carbonyl (C=O) groups is 2. The van der Waals surface area contributed by atoms with Gasteiger partial charge in [-0.2, -0.15) is 0 Å². The van der Waals surface area contributed by atoms with Gasteiger partial charge in [-0.15, -0.1) is 0 Å². The van der Waals surface area contributed by atoms with Gasteiger partial charge < -0.3 is 24.2 Å². The lowest BCUT2D eigenvalue weighted by Crippen LogP contribution is -2.36. The second-order valence-corrected chi connectivity index (χ2v) is 9.72. The van der Waals surface area contributed by atoms with Crippen molar-refractivity contribution in [2.75, 3.05) is 71.3 Å². The lowest BCUT2D eigenvalue weighted by Gasteiger charge is -2.29. The fourth-order valence-corrected chi connectivity index (χ4v) is 4.94. The van der Waals surface area contributed by atoms with E-state index < -0.39 is 0 Å². The number of rotatable bonds is 8. The molecule has 0 radical (unpaired) electrons. The van der Waals surface area contributed by atoms with Gasteiger partial charge in [0.05, 0.1) is 37.3 Å². The van der Waals surface area contributed by atoms with Crippen LogP contribution in [0.5, 0.6) is 5.75 Å². The molecule has 1 aliphatic rings. The molecule has 1 saturated heterocycles. The third-order valence-corrected chi connectivity index (χ3v) is 6.78. The van der Waals surface area contributed by atoms with E-state index in [0.717, 1.165) is 34.6 Å². The molecule has 2 amide bonds. The number of anilines is 2. The van der Waals surface area contributed by atoms with E-state index in [0.29, 0.717) is 42.7 Å². The summed E-state index contributed by atoms with van der Waals surface area (Å²) in [6.07, 6.45) is 0. The zero-order valence-electron chi connectivity index (χ0n) is 20.5. The average Bonchev–Trinajstić information content (AvgIpc) is 3.27. The number of morpholine rings is 1. The van der Waals surface area contributed by atoms with Gasteiger partial charge >= 0.3 is 0 Å². The zero-order chi connectivity index (χ0) is 24.9. The van der Waals surface area contributed by atoms with E-state index in [1.807, 2.05) is 43.3 Å². The number of nitrogens with one attached hydrogen (secondary N) is 1. The average molecular weight is 498 g/mol. The summed E-state index contributed by atoms with van der Waals surface area (Å²) in [4.78, 5) is 35.5. The molecule has 0 unspecified atom stereocenters. The van der Waals surface area contributed by atoms with E-state index in [9.17, 15) is 9.59 Å². The molecular formula is C25H31N5O4S. The maximum absolute atomic E-state index is 12.9. The minimum atomic E-state index is -0.237. The minimum absolute atomic E-state index is 0.0412. The van der Waals surface area contributed by atoms with Gasteiger partial charge in [0.2, 0.25) is 5.91 Å². The molecule has 3 aromatic rings. The van der Waals surface area contributed by atoms with Crippen molar-refractivity contribution in [3.05, 3.63) is 47.5 Å². The van der Waals surface area contributed by atoms with Crippen LogP contribution in [-0.4, -0.2) is 87.7 Å². The van der Waals surface area contributed by atoms with Crippen LogP contribution < -0.4 is 15.0 Å². The van der Waals surface area contributed by atoms with Crippen molar-refractivity contribution >= 4 is 44.2 Å². The molecule has 1 N–H and O–H groups in total. The van der Waals surface area contributed by atoms with E-state index >= 15 is 0 Å². The number of carbonyl (C=O) groups excluding carboxylic acids is 2. The van der Waals surface area contributed by atoms with Crippen LogP contribution in [0.2, 0.25) is 0 Å². The molecule has 0 saturated carbocycles. The minimum Gasteiger partial charge on any atom is -0.494 e. The highest BCUT2D eigenvalue weighted by atomic mass is 32.1. The number of aromatic nitrogens is 1. The number of nitrogens with zero attached hydrogens (tertiary/aromatic N) is 4. The summed E-state index contributed by atoms with van der Waals surface area (Å²) in [6.45, 7) is 3.83. The van der Waals surface area contributed by atoms with Crippen LogP contribution in [0.4, 0.5) is 10.8 Å². The molecule has 1 aromatic heterocycles. The highest BCUT2D eigenvalue weighted by Crippen LogP contribution is 2.39. The molecule has 9 nitrogen and oxygen atoms in total. The van der Waals surface area contributed by atoms with Crippen LogP contribution in [0.15, 0.2) is 36.4 Å². The van der Waals surface area contributed by atoms with Crippen LogP contribution >= 0.6 is 11.3 Å². The number of amides is 2. The van der Waals surface area contributed by atoms with Gasteiger partial charge in [-0.25, -0.2) is 4.98 Å².